The van der Waals surface area contributed by atoms with Crippen LogP contribution >= 0.6 is 11.3 Å². The molecule has 4 heterocycles. The molecule has 1 aliphatic rings. The summed E-state index contributed by atoms with van der Waals surface area (Å²) in [7, 11) is 0. The SMILES string of the molecule is O=C(CCNc1ncccn1)N1CCN(Cc2nc(-c3cccs3)no2)CC1. The highest BCUT2D eigenvalue weighted by molar-refractivity contribution is 7.13. The first-order valence-corrected chi connectivity index (χ1v) is 10.0. The van der Waals surface area contributed by atoms with E-state index in [2.05, 4.69) is 30.3 Å². The first-order valence-electron chi connectivity index (χ1n) is 9.15. The smallest absolute Gasteiger partial charge is 0.241 e. The van der Waals surface area contributed by atoms with Crippen LogP contribution in [0.15, 0.2) is 40.5 Å². The molecule has 1 aliphatic heterocycles. The van der Waals surface area contributed by atoms with Crippen molar-refractivity contribution in [1.82, 2.24) is 29.9 Å². The van der Waals surface area contributed by atoms with Gasteiger partial charge in [-0.15, -0.1) is 11.3 Å². The van der Waals surface area contributed by atoms with Crippen molar-refractivity contribution in [3.63, 3.8) is 0 Å². The van der Waals surface area contributed by atoms with Gasteiger partial charge in [-0.05, 0) is 17.5 Å². The Morgan fingerprint density at radius 1 is 1.18 bits per heavy atom. The van der Waals surface area contributed by atoms with Crippen molar-refractivity contribution in [2.24, 2.45) is 0 Å². The average molecular weight is 399 g/mol. The topological polar surface area (TPSA) is 100 Å². The van der Waals surface area contributed by atoms with Crippen LogP contribution in [0, 0.1) is 0 Å². The summed E-state index contributed by atoms with van der Waals surface area (Å²) in [5.74, 6) is 1.92. The van der Waals surface area contributed by atoms with Gasteiger partial charge in [0, 0.05) is 51.5 Å². The third kappa shape index (κ3) is 4.70. The molecule has 1 saturated heterocycles. The van der Waals surface area contributed by atoms with Crippen LogP contribution in [0.1, 0.15) is 12.3 Å². The normalized spacial score (nSPS) is 14.9. The highest BCUT2D eigenvalue weighted by Gasteiger charge is 2.22. The predicted molar refractivity (Wildman–Crippen MR) is 105 cm³/mol. The highest BCUT2D eigenvalue weighted by Crippen LogP contribution is 2.21. The van der Waals surface area contributed by atoms with Crippen LogP contribution in [-0.4, -0.2) is 68.5 Å². The largest absolute Gasteiger partial charge is 0.354 e. The first-order chi connectivity index (χ1) is 13.8. The number of carbonyl (C=O) groups is 1. The number of hydrogen-bond donors (Lipinski definition) is 1. The Morgan fingerprint density at radius 3 is 2.75 bits per heavy atom. The fourth-order valence-corrected chi connectivity index (χ4v) is 3.65. The van der Waals surface area contributed by atoms with Gasteiger partial charge in [-0.3, -0.25) is 9.69 Å². The van der Waals surface area contributed by atoms with Crippen molar-refractivity contribution >= 4 is 23.2 Å². The second-order valence-electron chi connectivity index (χ2n) is 6.40. The van der Waals surface area contributed by atoms with Gasteiger partial charge in [-0.1, -0.05) is 11.2 Å². The van der Waals surface area contributed by atoms with Gasteiger partial charge in [0.1, 0.15) is 0 Å². The number of piperazine rings is 1. The first kappa shape index (κ1) is 18.5. The quantitative estimate of drug-likeness (QED) is 0.641. The minimum atomic E-state index is 0.140. The standard InChI is InChI=1S/C18H21N7O2S/c26-16(4-7-21-18-19-5-2-6-20-18)25-10-8-24(9-11-25)13-15-22-17(23-27-15)14-3-1-12-28-14/h1-3,5-6,12H,4,7-11,13H2,(H,19,20,21). The van der Waals surface area contributed by atoms with E-state index in [1.165, 1.54) is 0 Å². The Kier molecular flexibility index (Phi) is 5.88. The van der Waals surface area contributed by atoms with Crippen LogP contribution in [0.5, 0.6) is 0 Å². The van der Waals surface area contributed by atoms with Crippen molar-refractivity contribution in [2.75, 3.05) is 38.0 Å². The average Bonchev–Trinajstić information content (AvgIpc) is 3.41. The number of nitrogens with one attached hydrogen (secondary N) is 1. The lowest BCUT2D eigenvalue weighted by Crippen LogP contribution is -2.48. The van der Waals surface area contributed by atoms with E-state index in [4.69, 9.17) is 4.52 Å². The highest BCUT2D eigenvalue weighted by atomic mass is 32.1. The van der Waals surface area contributed by atoms with Crippen LogP contribution in [0.2, 0.25) is 0 Å². The summed E-state index contributed by atoms with van der Waals surface area (Å²) in [6, 6.07) is 5.70. The maximum atomic E-state index is 12.4. The summed E-state index contributed by atoms with van der Waals surface area (Å²) in [6.07, 6.45) is 3.76. The van der Waals surface area contributed by atoms with Crippen molar-refractivity contribution in [2.45, 2.75) is 13.0 Å². The zero-order valence-electron chi connectivity index (χ0n) is 15.3. The fraction of sp³-hybridized carbons (Fsp3) is 0.389. The lowest BCUT2D eigenvalue weighted by molar-refractivity contribution is -0.132. The van der Waals surface area contributed by atoms with E-state index >= 15 is 0 Å². The summed E-state index contributed by atoms with van der Waals surface area (Å²) in [4.78, 5) is 30.1. The molecule has 28 heavy (non-hydrogen) atoms. The van der Waals surface area contributed by atoms with Crippen molar-refractivity contribution < 1.29 is 9.32 Å². The molecular formula is C18H21N7O2S. The molecule has 0 radical (unpaired) electrons. The molecule has 0 aromatic carbocycles. The number of anilines is 1. The maximum Gasteiger partial charge on any atom is 0.241 e. The fourth-order valence-electron chi connectivity index (χ4n) is 3.00. The van der Waals surface area contributed by atoms with Gasteiger partial charge in [-0.2, -0.15) is 4.98 Å². The summed E-state index contributed by atoms with van der Waals surface area (Å²) in [5.41, 5.74) is 0. The number of amides is 1. The molecule has 0 saturated carbocycles. The van der Waals surface area contributed by atoms with E-state index in [1.54, 1.807) is 29.8 Å². The molecule has 9 nitrogen and oxygen atoms in total. The molecule has 3 aromatic heterocycles. The summed E-state index contributed by atoms with van der Waals surface area (Å²) >= 11 is 1.59. The molecule has 3 aromatic rings. The Bertz CT molecular complexity index is 876. The number of carbonyl (C=O) groups excluding carboxylic acids is 1. The number of rotatable bonds is 7. The van der Waals surface area contributed by atoms with E-state index in [0.29, 0.717) is 50.3 Å². The number of aromatic nitrogens is 4. The second-order valence-corrected chi connectivity index (χ2v) is 7.34. The molecule has 0 atom stereocenters. The second kappa shape index (κ2) is 8.89. The molecule has 0 aliphatic carbocycles. The zero-order chi connectivity index (χ0) is 19.2. The number of thiophene rings is 1. The lowest BCUT2D eigenvalue weighted by Gasteiger charge is -2.34. The van der Waals surface area contributed by atoms with Crippen molar-refractivity contribution in [3.8, 4) is 10.7 Å². The molecule has 1 amide bonds. The maximum absolute atomic E-state index is 12.4. The molecular weight excluding hydrogens is 378 g/mol. The molecule has 0 unspecified atom stereocenters. The third-order valence-corrected chi connectivity index (χ3v) is 5.35. The number of nitrogens with zero attached hydrogens (tertiary/aromatic N) is 6. The van der Waals surface area contributed by atoms with Gasteiger partial charge in [0.15, 0.2) is 0 Å². The van der Waals surface area contributed by atoms with Crippen LogP contribution in [-0.2, 0) is 11.3 Å². The van der Waals surface area contributed by atoms with Crippen LogP contribution in [0.3, 0.4) is 0 Å². The predicted octanol–water partition coefficient (Wildman–Crippen LogP) is 1.73. The monoisotopic (exact) mass is 399 g/mol. The van der Waals surface area contributed by atoms with E-state index in [0.717, 1.165) is 18.0 Å². The Hall–Kier alpha value is -2.85. The van der Waals surface area contributed by atoms with Gasteiger partial charge in [0.05, 0.1) is 11.4 Å². The molecule has 10 heteroatoms. The zero-order valence-corrected chi connectivity index (χ0v) is 16.1. The van der Waals surface area contributed by atoms with Crippen molar-refractivity contribution in [1.29, 1.82) is 0 Å². The molecule has 0 spiro atoms. The van der Waals surface area contributed by atoms with E-state index < -0.39 is 0 Å². The molecule has 1 fully saturated rings. The van der Waals surface area contributed by atoms with Gasteiger partial charge in [0.25, 0.3) is 0 Å². The van der Waals surface area contributed by atoms with Gasteiger partial charge in [0.2, 0.25) is 23.6 Å². The minimum absolute atomic E-state index is 0.140. The van der Waals surface area contributed by atoms with Gasteiger partial charge >= 0.3 is 0 Å². The summed E-state index contributed by atoms with van der Waals surface area (Å²) in [5, 5.41) is 9.10. The van der Waals surface area contributed by atoms with Gasteiger partial charge < -0.3 is 14.7 Å². The summed E-state index contributed by atoms with van der Waals surface area (Å²) < 4.78 is 5.36. The lowest BCUT2D eigenvalue weighted by atomic mass is 10.2. The molecule has 4 rings (SSSR count). The third-order valence-electron chi connectivity index (χ3n) is 4.48. The van der Waals surface area contributed by atoms with Crippen molar-refractivity contribution in [3.05, 3.63) is 41.9 Å². The van der Waals surface area contributed by atoms with Crippen LogP contribution < -0.4 is 5.32 Å². The minimum Gasteiger partial charge on any atom is -0.354 e. The Morgan fingerprint density at radius 2 is 2.00 bits per heavy atom. The molecule has 1 N–H and O–H groups in total. The molecule has 0 bridgehead atoms. The van der Waals surface area contributed by atoms with Crippen LogP contribution in [0.25, 0.3) is 10.7 Å². The summed E-state index contributed by atoms with van der Waals surface area (Å²) in [6.45, 7) is 4.11. The van der Waals surface area contributed by atoms with E-state index in [9.17, 15) is 4.79 Å². The Balaban J connectivity index is 1.19. The van der Waals surface area contributed by atoms with E-state index in [1.807, 2.05) is 22.4 Å². The van der Waals surface area contributed by atoms with Crippen LogP contribution in [0.4, 0.5) is 5.95 Å². The van der Waals surface area contributed by atoms with Gasteiger partial charge in [-0.25, -0.2) is 9.97 Å². The van der Waals surface area contributed by atoms with E-state index in [-0.39, 0.29) is 5.91 Å². The Labute approximate surface area is 166 Å². The number of hydrogen-bond acceptors (Lipinski definition) is 9. The molecule has 146 valence electrons.